The van der Waals surface area contributed by atoms with Crippen molar-refractivity contribution in [2.75, 3.05) is 14.2 Å². The lowest BCUT2D eigenvalue weighted by Crippen LogP contribution is -2.32. The first-order valence-corrected chi connectivity index (χ1v) is 10.1. The van der Waals surface area contributed by atoms with Gasteiger partial charge in [-0.15, -0.1) is 11.3 Å². The first-order chi connectivity index (χ1) is 13.7. The summed E-state index contributed by atoms with van der Waals surface area (Å²) in [5.74, 6) is -0.123. The number of ketones is 1. The van der Waals surface area contributed by atoms with Crippen molar-refractivity contribution in [3.63, 3.8) is 0 Å². The molecule has 0 spiro atoms. The molecule has 1 aromatic carbocycles. The van der Waals surface area contributed by atoms with Gasteiger partial charge in [0.1, 0.15) is 0 Å². The third-order valence-corrected chi connectivity index (χ3v) is 5.77. The van der Waals surface area contributed by atoms with E-state index < -0.39 is 23.1 Å². The molecule has 0 fully saturated rings. The summed E-state index contributed by atoms with van der Waals surface area (Å²) in [6, 6.07) is 8.51. The second-order valence-corrected chi connectivity index (χ2v) is 8.86. The van der Waals surface area contributed by atoms with Crippen LogP contribution < -0.4 is 9.47 Å². The number of carbonyl (C=O) groups excluding carboxylic acids is 2. The van der Waals surface area contributed by atoms with Crippen molar-refractivity contribution in [2.24, 2.45) is 5.41 Å². The predicted molar refractivity (Wildman–Crippen MR) is 111 cm³/mol. The predicted octanol–water partition coefficient (Wildman–Crippen LogP) is 4.28. The summed E-state index contributed by atoms with van der Waals surface area (Å²) in [5, 5.41) is 12.5. The number of thiophene rings is 1. The molecule has 1 N–H and O–H groups in total. The van der Waals surface area contributed by atoms with E-state index in [9.17, 15) is 14.7 Å². The molecule has 1 aliphatic rings. The molecule has 1 atom stereocenters. The quantitative estimate of drug-likeness (QED) is 0.762. The van der Waals surface area contributed by atoms with Crippen molar-refractivity contribution in [3.8, 4) is 11.5 Å². The minimum absolute atomic E-state index is 0.158. The molecule has 7 heteroatoms. The highest BCUT2D eigenvalue weighted by Gasteiger charge is 2.46. The molecule has 3 rings (SSSR count). The SMILES string of the molecule is COc1ccc(CN2C(=O)C(O)=C(C(=O)C(C)(C)C)C2c2cccs2)cc1OC. The summed E-state index contributed by atoms with van der Waals surface area (Å²) in [5.41, 5.74) is 0.235. The van der Waals surface area contributed by atoms with E-state index in [1.807, 2.05) is 23.6 Å². The number of aliphatic hydroxyl groups is 1. The van der Waals surface area contributed by atoms with Crippen molar-refractivity contribution in [1.82, 2.24) is 4.90 Å². The number of amides is 1. The molecule has 0 bridgehead atoms. The molecule has 2 heterocycles. The molecule has 0 saturated carbocycles. The molecule has 154 valence electrons. The van der Waals surface area contributed by atoms with Gasteiger partial charge >= 0.3 is 0 Å². The van der Waals surface area contributed by atoms with Crippen LogP contribution in [-0.2, 0) is 16.1 Å². The zero-order valence-corrected chi connectivity index (χ0v) is 18.0. The Morgan fingerprint density at radius 1 is 1.17 bits per heavy atom. The number of hydrogen-bond acceptors (Lipinski definition) is 6. The second-order valence-electron chi connectivity index (χ2n) is 7.88. The second kappa shape index (κ2) is 7.91. The van der Waals surface area contributed by atoms with Gasteiger partial charge in [0.05, 0.1) is 25.8 Å². The number of rotatable bonds is 6. The Balaban J connectivity index is 2.03. The first kappa shape index (κ1) is 20.9. The third kappa shape index (κ3) is 3.87. The fourth-order valence-electron chi connectivity index (χ4n) is 3.37. The summed E-state index contributed by atoms with van der Waals surface area (Å²) < 4.78 is 10.6. The van der Waals surface area contributed by atoms with Gasteiger partial charge in [-0.05, 0) is 29.1 Å². The number of ether oxygens (including phenoxy) is 2. The molecule has 1 unspecified atom stereocenters. The van der Waals surface area contributed by atoms with Crippen molar-refractivity contribution >= 4 is 23.0 Å². The molecule has 1 aromatic heterocycles. The Kier molecular flexibility index (Phi) is 5.71. The molecule has 0 saturated heterocycles. The van der Waals surface area contributed by atoms with Crippen LogP contribution in [0, 0.1) is 5.41 Å². The van der Waals surface area contributed by atoms with Gasteiger partial charge in [0, 0.05) is 16.8 Å². The number of Topliss-reactive ketones (excluding diaryl/α,β-unsaturated/α-hetero) is 1. The summed E-state index contributed by atoms with van der Waals surface area (Å²) in [7, 11) is 3.10. The number of methoxy groups -OCH3 is 2. The minimum atomic E-state index is -0.724. The Labute approximate surface area is 174 Å². The van der Waals surface area contributed by atoms with Crippen LogP contribution in [0.1, 0.15) is 37.3 Å². The zero-order valence-electron chi connectivity index (χ0n) is 17.2. The standard InChI is InChI=1S/C22H25NO5S/c1-22(2,3)20(25)17-18(16-7-6-10-29-16)23(21(26)19(17)24)12-13-8-9-14(27-4)15(11-13)28-5/h6-11,18,24H,12H2,1-5H3. The number of hydrogen-bond donors (Lipinski definition) is 1. The Morgan fingerprint density at radius 2 is 1.86 bits per heavy atom. The van der Waals surface area contributed by atoms with E-state index in [1.54, 1.807) is 47.1 Å². The molecular weight excluding hydrogens is 390 g/mol. The third-order valence-electron chi connectivity index (χ3n) is 4.84. The van der Waals surface area contributed by atoms with E-state index in [4.69, 9.17) is 9.47 Å². The lowest BCUT2D eigenvalue weighted by molar-refractivity contribution is -0.130. The molecule has 6 nitrogen and oxygen atoms in total. The van der Waals surface area contributed by atoms with E-state index in [2.05, 4.69) is 0 Å². The van der Waals surface area contributed by atoms with Gasteiger partial charge in [-0.2, -0.15) is 0 Å². The van der Waals surface area contributed by atoms with Gasteiger partial charge in [0.25, 0.3) is 5.91 Å². The normalized spacial score (nSPS) is 17.1. The Morgan fingerprint density at radius 3 is 2.41 bits per heavy atom. The number of benzene rings is 1. The lowest BCUT2D eigenvalue weighted by Gasteiger charge is -2.28. The topological polar surface area (TPSA) is 76.1 Å². The van der Waals surface area contributed by atoms with Crippen LogP contribution >= 0.6 is 11.3 Å². The highest BCUT2D eigenvalue weighted by molar-refractivity contribution is 7.10. The molecule has 1 aliphatic heterocycles. The molecular formula is C22H25NO5S. The van der Waals surface area contributed by atoms with Crippen molar-refractivity contribution in [2.45, 2.75) is 33.4 Å². The highest BCUT2D eigenvalue weighted by Crippen LogP contribution is 2.43. The van der Waals surface area contributed by atoms with Crippen molar-refractivity contribution in [3.05, 3.63) is 57.5 Å². The summed E-state index contributed by atoms with van der Waals surface area (Å²) in [4.78, 5) is 28.4. The fourth-order valence-corrected chi connectivity index (χ4v) is 4.22. The van der Waals surface area contributed by atoms with Crippen molar-refractivity contribution in [1.29, 1.82) is 0 Å². The van der Waals surface area contributed by atoms with E-state index in [1.165, 1.54) is 16.2 Å². The summed E-state index contributed by atoms with van der Waals surface area (Å²) in [6.07, 6.45) is 0. The number of nitrogens with zero attached hydrogens (tertiary/aromatic N) is 1. The monoisotopic (exact) mass is 415 g/mol. The van der Waals surface area contributed by atoms with Crippen LogP contribution in [0.2, 0.25) is 0 Å². The van der Waals surface area contributed by atoms with Crippen LogP contribution in [0.5, 0.6) is 11.5 Å². The molecule has 1 amide bonds. The number of aliphatic hydroxyl groups excluding tert-OH is 1. The zero-order chi connectivity index (χ0) is 21.3. The summed E-state index contributed by atoms with van der Waals surface area (Å²) in [6.45, 7) is 5.56. The van der Waals surface area contributed by atoms with Gasteiger partial charge in [-0.3, -0.25) is 9.59 Å². The molecule has 0 aliphatic carbocycles. The van der Waals surface area contributed by atoms with Gasteiger partial charge in [0.2, 0.25) is 0 Å². The molecule has 0 radical (unpaired) electrons. The van der Waals surface area contributed by atoms with Crippen LogP contribution in [0.4, 0.5) is 0 Å². The average Bonchev–Trinajstić information content (AvgIpc) is 3.29. The van der Waals surface area contributed by atoms with E-state index in [0.717, 1.165) is 10.4 Å². The Bertz CT molecular complexity index is 956. The minimum Gasteiger partial charge on any atom is -0.503 e. The summed E-state index contributed by atoms with van der Waals surface area (Å²) >= 11 is 1.45. The molecule has 2 aromatic rings. The van der Waals surface area contributed by atoms with Crippen LogP contribution in [0.3, 0.4) is 0 Å². The highest BCUT2D eigenvalue weighted by atomic mass is 32.1. The maximum absolute atomic E-state index is 13.1. The van der Waals surface area contributed by atoms with Gasteiger partial charge in [0.15, 0.2) is 23.0 Å². The first-order valence-electron chi connectivity index (χ1n) is 9.22. The maximum Gasteiger partial charge on any atom is 0.290 e. The number of carbonyl (C=O) groups is 2. The lowest BCUT2D eigenvalue weighted by atomic mass is 9.83. The van der Waals surface area contributed by atoms with Crippen LogP contribution in [-0.4, -0.2) is 35.9 Å². The van der Waals surface area contributed by atoms with Crippen molar-refractivity contribution < 1.29 is 24.2 Å². The molecule has 29 heavy (non-hydrogen) atoms. The van der Waals surface area contributed by atoms with Gasteiger partial charge in [-0.1, -0.05) is 32.9 Å². The average molecular weight is 416 g/mol. The van der Waals surface area contributed by atoms with Gasteiger partial charge in [-0.25, -0.2) is 0 Å². The smallest absolute Gasteiger partial charge is 0.290 e. The van der Waals surface area contributed by atoms with E-state index in [-0.39, 0.29) is 17.9 Å². The van der Waals surface area contributed by atoms with Gasteiger partial charge < -0.3 is 19.5 Å². The van der Waals surface area contributed by atoms with E-state index >= 15 is 0 Å². The maximum atomic E-state index is 13.1. The van der Waals surface area contributed by atoms with Crippen LogP contribution in [0.15, 0.2) is 47.0 Å². The Hall–Kier alpha value is -2.80. The largest absolute Gasteiger partial charge is 0.503 e. The van der Waals surface area contributed by atoms with Crippen LogP contribution in [0.25, 0.3) is 0 Å². The van der Waals surface area contributed by atoms with E-state index in [0.29, 0.717) is 11.5 Å². The fraction of sp³-hybridized carbons (Fsp3) is 0.364.